The quantitative estimate of drug-likeness (QED) is 0.546. The summed E-state index contributed by atoms with van der Waals surface area (Å²) in [6.45, 7) is 2.01. The minimum absolute atomic E-state index is 0.216. The lowest BCUT2D eigenvalue weighted by Gasteiger charge is -2.17. The van der Waals surface area contributed by atoms with Gasteiger partial charge in [-0.3, -0.25) is 4.79 Å². The third kappa shape index (κ3) is 6.02. The van der Waals surface area contributed by atoms with Crippen molar-refractivity contribution in [2.24, 2.45) is 5.73 Å². The van der Waals surface area contributed by atoms with Crippen LogP contribution in [0, 0.1) is 0 Å². The molecule has 10 heteroatoms. The molecule has 4 N–H and O–H groups in total. The topological polar surface area (TPSA) is 128 Å². The van der Waals surface area contributed by atoms with Crippen LogP contribution in [0.15, 0.2) is 36.5 Å². The van der Waals surface area contributed by atoms with Gasteiger partial charge in [0.05, 0.1) is 12.3 Å². The first-order chi connectivity index (χ1) is 13.4. The average Bonchev–Trinajstić information content (AvgIpc) is 3.16. The summed E-state index contributed by atoms with van der Waals surface area (Å²) in [7, 11) is 0. The monoisotopic (exact) mass is 405 g/mol. The number of hydrogen-bond acceptors (Lipinski definition) is 6. The minimum atomic E-state index is -0.743. The van der Waals surface area contributed by atoms with Gasteiger partial charge in [0.2, 0.25) is 5.91 Å². The Morgan fingerprint density at radius 1 is 1.25 bits per heavy atom. The van der Waals surface area contributed by atoms with Crippen molar-refractivity contribution >= 4 is 35.4 Å². The maximum atomic E-state index is 12.4. The van der Waals surface area contributed by atoms with E-state index in [9.17, 15) is 14.4 Å². The summed E-state index contributed by atoms with van der Waals surface area (Å²) in [5, 5.41) is 9.38. The number of urea groups is 1. The average molecular weight is 405 g/mol. The highest BCUT2D eigenvalue weighted by Gasteiger charge is 2.19. The molecule has 3 amide bonds. The van der Waals surface area contributed by atoms with Crippen LogP contribution in [-0.4, -0.2) is 52.3 Å². The predicted molar refractivity (Wildman–Crippen MR) is 108 cm³/mol. The molecule has 28 heavy (non-hydrogen) atoms. The number of benzene rings is 1. The molecule has 1 aromatic heterocycles. The van der Waals surface area contributed by atoms with Crippen molar-refractivity contribution in [3.05, 3.63) is 42.2 Å². The van der Waals surface area contributed by atoms with E-state index in [-0.39, 0.29) is 18.2 Å². The van der Waals surface area contributed by atoms with E-state index in [1.165, 1.54) is 4.68 Å². The zero-order chi connectivity index (χ0) is 20.5. The van der Waals surface area contributed by atoms with Gasteiger partial charge in [-0.15, -0.1) is 0 Å². The number of nitrogens with two attached hydrogens (primary N) is 1. The largest absolute Gasteiger partial charge is 0.461 e. The second-order valence-corrected chi connectivity index (χ2v) is 6.73. The number of esters is 1. The van der Waals surface area contributed by atoms with E-state index in [2.05, 4.69) is 15.7 Å². The van der Waals surface area contributed by atoms with Crippen molar-refractivity contribution in [1.82, 2.24) is 15.1 Å². The Morgan fingerprint density at radius 3 is 2.57 bits per heavy atom. The minimum Gasteiger partial charge on any atom is -0.461 e. The molecule has 0 saturated heterocycles. The fourth-order valence-corrected chi connectivity index (χ4v) is 2.86. The molecule has 1 unspecified atom stereocenters. The molecule has 0 bridgehead atoms. The van der Waals surface area contributed by atoms with Gasteiger partial charge in [0.15, 0.2) is 5.69 Å². The molecule has 1 atom stereocenters. The summed E-state index contributed by atoms with van der Waals surface area (Å²) in [6, 6.07) is 7.02. The number of nitrogens with one attached hydrogen (secondary N) is 2. The van der Waals surface area contributed by atoms with Crippen LogP contribution < -0.4 is 16.4 Å². The third-order valence-corrected chi connectivity index (χ3v) is 4.36. The van der Waals surface area contributed by atoms with Gasteiger partial charge >= 0.3 is 12.0 Å². The number of hydrogen-bond donors (Lipinski definition) is 3. The van der Waals surface area contributed by atoms with Crippen molar-refractivity contribution in [2.45, 2.75) is 19.4 Å². The molecule has 2 rings (SSSR count). The van der Waals surface area contributed by atoms with Crippen LogP contribution in [0.3, 0.4) is 0 Å². The zero-order valence-electron chi connectivity index (χ0n) is 15.7. The molecule has 0 aliphatic carbocycles. The fraction of sp³-hybridized carbons (Fsp3) is 0.333. The van der Waals surface area contributed by atoms with Crippen LogP contribution in [0.25, 0.3) is 5.69 Å². The number of carbonyl (C=O) groups is 3. The zero-order valence-corrected chi connectivity index (χ0v) is 16.5. The van der Waals surface area contributed by atoms with Gasteiger partial charge in [-0.1, -0.05) is 0 Å². The summed E-state index contributed by atoms with van der Waals surface area (Å²) >= 11 is 1.57. The molecule has 0 aliphatic heterocycles. The number of rotatable bonds is 9. The molecule has 150 valence electrons. The van der Waals surface area contributed by atoms with Crippen LogP contribution in [0.2, 0.25) is 0 Å². The Kier molecular flexibility index (Phi) is 7.88. The molecule has 0 saturated carbocycles. The summed E-state index contributed by atoms with van der Waals surface area (Å²) < 4.78 is 6.45. The second kappa shape index (κ2) is 10.4. The summed E-state index contributed by atoms with van der Waals surface area (Å²) in [5.74, 6) is -0.119. The number of carbonyl (C=O) groups excluding carboxylic acids is 3. The lowest BCUT2D eigenvalue weighted by molar-refractivity contribution is -0.117. The summed E-state index contributed by atoms with van der Waals surface area (Å²) in [6.07, 6.45) is 4.04. The van der Waals surface area contributed by atoms with Gasteiger partial charge in [0, 0.05) is 11.9 Å². The molecule has 0 aliphatic rings. The number of ether oxygens (including phenoxy) is 1. The maximum Gasteiger partial charge on any atom is 0.358 e. The summed E-state index contributed by atoms with van der Waals surface area (Å²) in [4.78, 5) is 35.2. The third-order valence-electron chi connectivity index (χ3n) is 3.72. The molecule has 0 radical (unpaired) electrons. The molecular weight excluding hydrogens is 382 g/mol. The van der Waals surface area contributed by atoms with Gasteiger partial charge in [0.1, 0.15) is 6.04 Å². The highest BCUT2D eigenvalue weighted by molar-refractivity contribution is 7.98. The predicted octanol–water partition coefficient (Wildman–Crippen LogP) is 1.78. The number of aromatic nitrogens is 2. The van der Waals surface area contributed by atoms with Gasteiger partial charge in [0.25, 0.3) is 0 Å². The lowest BCUT2D eigenvalue weighted by atomic mass is 10.2. The first kappa shape index (κ1) is 21.3. The summed E-state index contributed by atoms with van der Waals surface area (Å²) in [5.41, 5.74) is 6.63. The van der Waals surface area contributed by atoms with Gasteiger partial charge < -0.3 is 21.1 Å². The SMILES string of the molecule is CCOC(=O)c1ccn(-c2ccc(NC(=O)C(CCSC)NC(N)=O)cc2)n1. The van der Waals surface area contributed by atoms with Crippen LogP contribution >= 0.6 is 11.8 Å². The van der Waals surface area contributed by atoms with Gasteiger partial charge in [-0.2, -0.15) is 16.9 Å². The fourth-order valence-electron chi connectivity index (χ4n) is 2.38. The van der Waals surface area contributed by atoms with E-state index in [1.807, 2.05) is 6.26 Å². The van der Waals surface area contributed by atoms with Crippen molar-refractivity contribution in [2.75, 3.05) is 23.9 Å². The lowest BCUT2D eigenvalue weighted by Crippen LogP contribution is -2.46. The number of thioether (sulfide) groups is 1. The number of amides is 3. The highest BCUT2D eigenvalue weighted by Crippen LogP contribution is 2.14. The van der Waals surface area contributed by atoms with E-state index in [0.717, 1.165) is 0 Å². The van der Waals surface area contributed by atoms with E-state index in [1.54, 1.807) is 55.2 Å². The smallest absolute Gasteiger partial charge is 0.358 e. The van der Waals surface area contributed by atoms with Crippen LogP contribution in [0.4, 0.5) is 10.5 Å². The first-order valence-corrected chi connectivity index (χ1v) is 10.0. The van der Waals surface area contributed by atoms with Crippen molar-refractivity contribution in [3.8, 4) is 5.69 Å². The molecular formula is C18H23N5O4S. The Morgan fingerprint density at radius 2 is 1.96 bits per heavy atom. The van der Waals surface area contributed by atoms with E-state index in [0.29, 0.717) is 23.5 Å². The standard InChI is InChI=1S/C18H23N5O4S/c1-3-27-17(25)15-8-10-23(22-15)13-6-4-12(5-7-13)20-16(24)14(9-11-28-2)21-18(19)26/h4-8,10,14H,3,9,11H2,1-2H3,(H,20,24)(H3,19,21,26). The molecule has 0 spiro atoms. The van der Waals surface area contributed by atoms with Crippen molar-refractivity contribution in [1.29, 1.82) is 0 Å². The van der Waals surface area contributed by atoms with Crippen LogP contribution in [0.1, 0.15) is 23.8 Å². The van der Waals surface area contributed by atoms with Gasteiger partial charge in [-0.05, 0) is 55.7 Å². The van der Waals surface area contributed by atoms with E-state index < -0.39 is 18.0 Å². The second-order valence-electron chi connectivity index (χ2n) is 5.74. The molecule has 1 aromatic carbocycles. The Bertz CT molecular complexity index is 822. The Hall–Kier alpha value is -3.01. The van der Waals surface area contributed by atoms with E-state index >= 15 is 0 Å². The van der Waals surface area contributed by atoms with E-state index in [4.69, 9.17) is 10.5 Å². The van der Waals surface area contributed by atoms with Crippen LogP contribution in [0.5, 0.6) is 0 Å². The molecule has 2 aromatic rings. The van der Waals surface area contributed by atoms with Crippen molar-refractivity contribution in [3.63, 3.8) is 0 Å². The molecule has 0 fully saturated rings. The molecule has 9 nitrogen and oxygen atoms in total. The highest BCUT2D eigenvalue weighted by atomic mass is 32.2. The number of primary amides is 1. The Balaban J connectivity index is 2.04. The number of nitrogens with zero attached hydrogens (tertiary/aromatic N) is 2. The number of anilines is 1. The van der Waals surface area contributed by atoms with Crippen LogP contribution in [-0.2, 0) is 9.53 Å². The van der Waals surface area contributed by atoms with Gasteiger partial charge in [-0.25, -0.2) is 14.3 Å². The van der Waals surface area contributed by atoms with Crippen molar-refractivity contribution < 1.29 is 19.1 Å². The first-order valence-electron chi connectivity index (χ1n) is 8.63. The maximum absolute atomic E-state index is 12.4. The normalized spacial score (nSPS) is 11.5. The Labute approximate surface area is 167 Å². The molecule has 1 heterocycles.